The Morgan fingerprint density at radius 1 is 1.38 bits per heavy atom. The van der Waals surface area contributed by atoms with E-state index < -0.39 is 0 Å². The Kier molecular flexibility index (Phi) is 3.31. The molecule has 84 valence electrons. The molecule has 1 saturated heterocycles. The molecule has 16 heavy (non-hydrogen) atoms. The average molecular weight is 219 g/mol. The summed E-state index contributed by atoms with van der Waals surface area (Å²) in [5, 5.41) is 1.55. The summed E-state index contributed by atoms with van der Waals surface area (Å²) in [6, 6.07) is 8.82. The molecular weight excluding hydrogens is 206 g/mol. The normalized spacial score (nSPS) is 20.6. The summed E-state index contributed by atoms with van der Waals surface area (Å²) in [7, 11) is 0. The fraction of sp³-hybridized carbons (Fsp3) is 0.333. The van der Waals surface area contributed by atoms with Crippen LogP contribution < -0.4 is 0 Å². The van der Waals surface area contributed by atoms with Gasteiger partial charge < -0.3 is 9.63 Å². The summed E-state index contributed by atoms with van der Waals surface area (Å²) in [6.07, 6.45) is 1.67. The SMILES string of the molecule is O=CC1CCN(OC(=O)c2ccccc2)C1. The minimum absolute atomic E-state index is 0.0106. The van der Waals surface area contributed by atoms with Gasteiger partial charge in [-0.2, -0.15) is 0 Å². The van der Waals surface area contributed by atoms with Gasteiger partial charge in [0.05, 0.1) is 5.56 Å². The third-order valence-electron chi connectivity index (χ3n) is 2.60. The van der Waals surface area contributed by atoms with Gasteiger partial charge in [0.1, 0.15) is 6.29 Å². The van der Waals surface area contributed by atoms with Crippen LogP contribution in [0, 0.1) is 5.92 Å². The van der Waals surface area contributed by atoms with Gasteiger partial charge in [-0.05, 0) is 18.6 Å². The van der Waals surface area contributed by atoms with Crippen molar-refractivity contribution < 1.29 is 14.4 Å². The molecule has 0 aromatic heterocycles. The van der Waals surface area contributed by atoms with Crippen molar-refractivity contribution in [1.29, 1.82) is 0 Å². The zero-order valence-corrected chi connectivity index (χ0v) is 8.83. The molecule has 1 aliphatic rings. The second kappa shape index (κ2) is 4.90. The van der Waals surface area contributed by atoms with Crippen LogP contribution in [0.5, 0.6) is 0 Å². The molecule has 0 spiro atoms. The predicted octanol–water partition coefficient (Wildman–Crippen LogP) is 1.28. The number of hydroxylamine groups is 2. The number of carbonyl (C=O) groups is 2. The van der Waals surface area contributed by atoms with E-state index in [0.717, 1.165) is 12.7 Å². The molecule has 1 aliphatic heterocycles. The lowest BCUT2D eigenvalue weighted by molar-refractivity contribution is -0.115. The van der Waals surface area contributed by atoms with Gasteiger partial charge in [-0.25, -0.2) is 4.79 Å². The molecule has 1 heterocycles. The molecule has 2 rings (SSSR count). The Balaban J connectivity index is 1.91. The molecule has 1 atom stereocenters. The molecule has 0 bridgehead atoms. The van der Waals surface area contributed by atoms with Crippen LogP contribution in [0.1, 0.15) is 16.8 Å². The Bertz CT molecular complexity index is 377. The van der Waals surface area contributed by atoms with Crippen LogP contribution >= 0.6 is 0 Å². The molecule has 4 nitrogen and oxygen atoms in total. The number of hydrogen-bond acceptors (Lipinski definition) is 4. The summed E-state index contributed by atoms with van der Waals surface area (Å²) in [4.78, 5) is 27.3. The van der Waals surface area contributed by atoms with Crippen LogP contribution in [0.25, 0.3) is 0 Å². The number of benzene rings is 1. The average Bonchev–Trinajstić information content (AvgIpc) is 2.78. The third kappa shape index (κ3) is 2.46. The van der Waals surface area contributed by atoms with Crippen LogP contribution in [0.3, 0.4) is 0 Å². The van der Waals surface area contributed by atoms with Crippen LogP contribution in [0.4, 0.5) is 0 Å². The van der Waals surface area contributed by atoms with Gasteiger partial charge in [-0.3, -0.25) is 0 Å². The van der Waals surface area contributed by atoms with Crippen molar-refractivity contribution >= 4 is 12.3 Å². The van der Waals surface area contributed by atoms with Crippen molar-refractivity contribution in [3.8, 4) is 0 Å². The Morgan fingerprint density at radius 3 is 2.75 bits per heavy atom. The van der Waals surface area contributed by atoms with Crippen LogP contribution in [0.15, 0.2) is 30.3 Å². The highest BCUT2D eigenvalue weighted by molar-refractivity contribution is 5.89. The van der Waals surface area contributed by atoms with Gasteiger partial charge >= 0.3 is 5.97 Å². The Hall–Kier alpha value is -1.68. The van der Waals surface area contributed by atoms with E-state index in [0.29, 0.717) is 18.7 Å². The highest BCUT2D eigenvalue weighted by Gasteiger charge is 2.25. The quantitative estimate of drug-likeness (QED) is 0.718. The number of aldehydes is 1. The highest BCUT2D eigenvalue weighted by Crippen LogP contribution is 2.15. The number of carbonyl (C=O) groups excluding carboxylic acids is 2. The topological polar surface area (TPSA) is 46.6 Å². The van der Waals surface area contributed by atoms with E-state index >= 15 is 0 Å². The van der Waals surface area contributed by atoms with E-state index in [1.165, 1.54) is 0 Å². The maximum absolute atomic E-state index is 11.6. The maximum atomic E-state index is 11.6. The third-order valence-corrected chi connectivity index (χ3v) is 2.60. The summed E-state index contributed by atoms with van der Waals surface area (Å²) in [5.74, 6) is -0.379. The van der Waals surface area contributed by atoms with E-state index in [1.807, 2.05) is 6.07 Å². The van der Waals surface area contributed by atoms with Crippen LogP contribution in [-0.4, -0.2) is 30.4 Å². The lowest BCUT2D eigenvalue weighted by atomic mass is 10.1. The molecular formula is C12H13NO3. The number of nitrogens with zero attached hydrogens (tertiary/aromatic N) is 1. The minimum atomic E-state index is -0.368. The maximum Gasteiger partial charge on any atom is 0.357 e. The smallest absolute Gasteiger partial charge is 0.357 e. The zero-order valence-electron chi connectivity index (χ0n) is 8.83. The first-order valence-corrected chi connectivity index (χ1v) is 5.27. The van der Waals surface area contributed by atoms with Crippen molar-refractivity contribution in [3.05, 3.63) is 35.9 Å². The first-order chi connectivity index (χ1) is 7.79. The second-order valence-corrected chi connectivity index (χ2v) is 3.82. The van der Waals surface area contributed by atoms with Gasteiger partial charge in [-0.15, -0.1) is 5.06 Å². The monoisotopic (exact) mass is 219 g/mol. The summed E-state index contributed by atoms with van der Waals surface area (Å²) in [5.41, 5.74) is 0.525. The van der Waals surface area contributed by atoms with Crippen molar-refractivity contribution in [2.24, 2.45) is 5.92 Å². The Labute approximate surface area is 93.8 Å². The number of hydrogen-bond donors (Lipinski definition) is 0. The van der Waals surface area contributed by atoms with Crippen molar-refractivity contribution in [2.75, 3.05) is 13.1 Å². The molecule has 0 saturated carbocycles. The van der Waals surface area contributed by atoms with Crippen LogP contribution in [0.2, 0.25) is 0 Å². The summed E-state index contributed by atoms with van der Waals surface area (Å²) in [6.45, 7) is 1.13. The number of rotatable bonds is 3. The lowest BCUT2D eigenvalue weighted by Crippen LogP contribution is -2.25. The van der Waals surface area contributed by atoms with E-state index in [4.69, 9.17) is 4.84 Å². The van der Waals surface area contributed by atoms with Gasteiger partial charge in [-0.1, -0.05) is 18.2 Å². The fourth-order valence-corrected chi connectivity index (χ4v) is 1.69. The van der Waals surface area contributed by atoms with Gasteiger partial charge in [0.15, 0.2) is 0 Å². The molecule has 0 radical (unpaired) electrons. The summed E-state index contributed by atoms with van der Waals surface area (Å²) < 4.78 is 0. The first-order valence-electron chi connectivity index (χ1n) is 5.27. The Morgan fingerprint density at radius 2 is 2.12 bits per heavy atom. The molecule has 0 aliphatic carbocycles. The van der Waals surface area contributed by atoms with E-state index in [9.17, 15) is 9.59 Å². The summed E-state index contributed by atoms with van der Waals surface area (Å²) >= 11 is 0. The van der Waals surface area contributed by atoms with Crippen molar-refractivity contribution in [2.45, 2.75) is 6.42 Å². The molecule has 1 aromatic carbocycles. The van der Waals surface area contributed by atoms with E-state index in [-0.39, 0.29) is 11.9 Å². The highest BCUT2D eigenvalue weighted by atomic mass is 16.7. The van der Waals surface area contributed by atoms with E-state index in [2.05, 4.69) is 0 Å². The largest absolute Gasteiger partial charge is 0.364 e. The molecule has 1 unspecified atom stereocenters. The first kappa shape index (κ1) is 10.8. The zero-order chi connectivity index (χ0) is 11.4. The van der Waals surface area contributed by atoms with Crippen molar-refractivity contribution in [3.63, 3.8) is 0 Å². The minimum Gasteiger partial charge on any atom is -0.364 e. The second-order valence-electron chi connectivity index (χ2n) is 3.82. The standard InChI is InChI=1S/C12H13NO3/c14-9-10-6-7-13(8-10)16-12(15)11-4-2-1-3-5-11/h1-5,9-10H,6-8H2. The van der Waals surface area contributed by atoms with E-state index in [1.54, 1.807) is 29.3 Å². The van der Waals surface area contributed by atoms with Crippen LogP contribution in [-0.2, 0) is 9.63 Å². The van der Waals surface area contributed by atoms with Gasteiger partial charge in [0, 0.05) is 19.0 Å². The molecule has 0 N–H and O–H groups in total. The molecule has 1 fully saturated rings. The van der Waals surface area contributed by atoms with Gasteiger partial charge in [0.2, 0.25) is 0 Å². The molecule has 1 aromatic rings. The van der Waals surface area contributed by atoms with Crippen molar-refractivity contribution in [1.82, 2.24) is 5.06 Å². The lowest BCUT2D eigenvalue weighted by Gasteiger charge is -2.14. The van der Waals surface area contributed by atoms with Gasteiger partial charge in [0.25, 0.3) is 0 Å². The fourth-order valence-electron chi connectivity index (χ4n) is 1.69. The molecule has 0 amide bonds. The predicted molar refractivity (Wildman–Crippen MR) is 57.6 cm³/mol. The molecule has 4 heteroatoms.